The van der Waals surface area contributed by atoms with Crippen LogP contribution >= 0.6 is 0 Å². The Labute approximate surface area is 118 Å². The molecule has 0 amide bonds. The summed E-state index contributed by atoms with van der Waals surface area (Å²) in [6.07, 6.45) is 3.82. The third-order valence-electron chi connectivity index (χ3n) is 3.42. The molecule has 0 spiro atoms. The molecule has 2 aromatic rings. The Morgan fingerprint density at radius 1 is 1.30 bits per heavy atom. The predicted molar refractivity (Wildman–Crippen MR) is 74.2 cm³/mol. The zero-order valence-electron chi connectivity index (χ0n) is 12.2. The van der Waals surface area contributed by atoms with Gasteiger partial charge in [-0.3, -0.25) is 4.79 Å². The van der Waals surface area contributed by atoms with Gasteiger partial charge in [-0.2, -0.15) is 0 Å². The fourth-order valence-electron chi connectivity index (χ4n) is 2.03. The lowest BCUT2D eigenvalue weighted by Crippen LogP contribution is -2.30. The van der Waals surface area contributed by atoms with Gasteiger partial charge in [-0.05, 0) is 12.1 Å². The van der Waals surface area contributed by atoms with E-state index in [1.807, 2.05) is 35.5 Å². The Morgan fingerprint density at radius 2 is 2.05 bits per heavy atom. The zero-order valence-corrected chi connectivity index (χ0v) is 12.2. The summed E-state index contributed by atoms with van der Waals surface area (Å²) in [5, 5.41) is 0. The number of Topliss-reactive ketones (excluding diaryl/α,β-unsaturated/α-hetero) is 1. The number of imidazole rings is 1. The van der Waals surface area contributed by atoms with Gasteiger partial charge < -0.3 is 9.47 Å². The molecule has 0 bridgehead atoms. The minimum atomic E-state index is 0.00352. The fraction of sp³-hybridized carbons (Fsp3) is 0.333. The lowest BCUT2D eigenvalue weighted by molar-refractivity contribution is -0.677. The third-order valence-corrected chi connectivity index (χ3v) is 3.42. The van der Waals surface area contributed by atoms with Crippen LogP contribution in [0.2, 0.25) is 0 Å². The Balaban J connectivity index is 2.27. The van der Waals surface area contributed by atoms with E-state index in [0.717, 1.165) is 5.82 Å². The molecular weight excluding hydrogens is 256 g/mol. The van der Waals surface area contributed by atoms with Crippen LogP contribution in [-0.2, 0) is 13.6 Å². The highest BCUT2D eigenvalue weighted by Crippen LogP contribution is 2.25. The maximum Gasteiger partial charge on any atom is 0.253 e. The summed E-state index contributed by atoms with van der Waals surface area (Å²) in [4.78, 5) is 12.4. The van der Waals surface area contributed by atoms with Gasteiger partial charge >= 0.3 is 0 Å². The highest BCUT2D eigenvalue weighted by atomic mass is 16.5. The quantitative estimate of drug-likeness (QED) is 0.614. The van der Waals surface area contributed by atoms with Crippen molar-refractivity contribution in [2.24, 2.45) is 7.05 Å². The van der Waals surface area contributed by atoms with Crippen molar-refractivity contribution in [1.82, 2.24) is 4.57 Å². The summed E-state index contributed by atoms with van der Waals surface area (Å²) in [5.74, 6) is 2.22. The second kappa shape index (κ2) is 5.77. The number of ketones is 1. The average molecular weight is 275 g/mol. The molecule has 0 saturated heterocycles. The molecule has 0 aliphatic rings. The number of ether oxygens (including phenoxy) is 2. The van der Waals surface area contributed by atoms with E-state index < -0.39 is 0 Å². The van der Waals surface area contributed by atoms with Gasteiger partial charge in [0.1, 0.15) is 23.9 Å². The summed E-state index contributed by atoms with van der Waals surface area (Å²) in [7, 11) is 5.08. The summed E-state index contributed by atoms with van der Waals surface area (Å²) in [5.41, 5.74) is 0.559. The van der Waals surface area contributed by atoms with Crippen LogP contribution in [0.3, 0.4) is 0 Å². The monoisotopic (exact) mass is 275 g/mol. The molecule has 2 rings (SSSR count). The summed E-state index contributed by atoms with van der Waals surface area (Å²) >= 11 is 0. The summed E-state index contributed by atoms with van der Waals surface area (Å²) in [6, 6.07) is 5.22. The number of hydrogen-bond acceptors (Lipinski definition) is 3. The van der Waals surface area contributed by atoms with Crippen molar-refractivity contribution in [3.63, 3.8) is 0 Å². The highest BCUT2D eigenvalue weighted by molar-refractivity contribution is 5.98. The first-order chi connectivity index (χ1) is 9.56. The van der Waals surface area contributed by atoms with Crippen molar-refractivity contribution < 1.29 is 18.8 Å². The van der Waals surface area contributed by atoms with Crippen LogP contribution in [0.25, 0.3) is 0 Å². The SMILES string of the molecule is COc1ccc(C(=O)Cn2cc[n+](C)c2C)c(OC)c1. The molecule has 0 aliphatic carbocycles. The van der Waals surface area contributed by atoms with E-state index in [4.69, 9.17) is 9.47 Å². The van der Waals surface area contributed by atoms with E-state index in [9.17, 15) is 4.79 Å². The smallest absolute Gasteiger partial charge is 0.253 e. The standard InChI is InChI=1S/C15H19N2O3/c1-11-16(2)7-8-17(11)10-14(18)13-6-5-12(19-3)9-15(13)20-4/h5-9H,10H2,1-4H3/q+1. The van der Waals surface area contributed by atoms with Crippen molar-refractivity contribution in [2.45, 2.75) is 13.5 Å². The maximum absolute atomic E-state index is 12.4. The Bertz CT molecular complexity index is 632. The molecule has 0 N–H and O–H groups in total. The zero-order chi connectivity index (χ0) is 14.7. The number of aryl methyl sites for hydroxylation is 1. The van der Waals surface area contributed by atoms with Crippen molar-refractivity contribution in [3.8, 4) is 11.5 Å². The first-order valence-corrected chi connectivity index (χ1v) is 6.33. The van der Waals surface area contributed by atoms with Crippen LogP contribution in [0.1, 0.15) is 16.2 Å². The number of aromatic nitrogens is 2. The fourth-order valence-corrected chi connectivity index (χ4v) is 2.03. The van der Waals surface area contributed by atoms with E-state index in [2.05, 4.69) is 0 Å². The van der Waals surface area contributed by atoms with Crippen molar-refractivity contribution in [1.29, 1.82) is 0 Å². The van der Waals surface area contributed by atoms with Crippen LogP contribution in [0.4, 0.5) is 0 Å². The Hall–Kier alpha value is -2.30. The van der Waals surface area contributed by atoms with Gasteiger partial charge in [0, 0.05) is 13.0 Å². The molecule has 0 atom stereocenters. The molecule has 0 unspecified atom stereocenters. The van der Waals surface area contributed by atoms with Gasteiger partial charge in [0.2, 0.25) is 5.78 Å². The molecule has 0 fully saturated rings. The number of carbonyl (C=O) groups excluding carboxylic acids is 1. The van der Waals surface area contributed by atoms with E-state index >= 15 is 0 Å². The van der Waals surface area contributed by atoms with Crippen LogP contribution in [0, 0.1) is 6.92 Å². The molecule has 20 heavy (non-hydrogen) atoms. The maximum atomic E-state index is 12.4. The minimum absolute atomic E-state index is 0.00352. The molecule has 5 heteroatoms. The second-order valence-corrected chi connectivity index (χ2v) is 4.57. The number of methoxy groups -OCH3 is 2. The lowest BCUT2D eigenvalue weighted by Gasteiger charge is -2.09. The average Bonchev–Trinajstić information content (AvgIpc) is 2.78. The second-order valence-electron chi connectivity index (χ2n) is 4.57. The molecule has 5 nitrogen and oxygen atoms in total. The van der Waals surface area contributed by atoms with E-state index in [-0.39, 0.29) is 12.3 Å². The van der Waals surface area contributed by atoms with Gasteiger partial charge in [0.25, 0.3) is 5.82 Å². The molecule has 1 aromatic heterocycles. The van der Waals surface area contributed by atoms with Gasteiger partial charge in [0.15, 0.2) is 6.54 Å². The van der Waals surface area contributed by atoms with Crippen LogP contribution in [0.15, 0.2) is 30.6 Å². The first-order valence-electron chi connectivity index (χ1n) is 6.33. The third kappa shape index (κ3) is 2.66. The molecule has 1 heterocycles. The van der Waals surface area contributed by atoms with E-state index in [0.29, 0.717) is 17.1 Å². The number of carbonyl (C=O) groups is 1. The molecule has 0 aliphatic heterocycles. The van der Waals surface area contributed by atoms with Gasteiger partial charge in [0.05, 0.1) is 26.8 Å². The van der Waals surface area contributed by atoms with Gasteiger partial charge in [-0.1, -0.05) is 0 Å². The van der Waals surface area contributed by atoms with Crippen molar-refractivity contribution in [2.75, 3.05) is 14.2 Å². The normalized spacial score (nSPS) is 10.4. The van der Waals surface area contributed by atoms with Crippen LogP contribution in [0.5, 0.6) is 11.5 Å². The Morgan fingerprint density at radius 3 is 2.60 bits per heavy atom. The predicted octanol–water partition coefficient (Wildman–Crippen LogP) is 1.52. The molecular formula is C15H19N2O3+. The first kappa shape index (κ1) is 14.1. The number of nitrogens with zero attached hydrogens (tertiary/aromatic N) is 2. The van der Waals surface area contributed by atoms with Crippen LogP contribution in [-0.4, -0.2) is 24.6 Å². The van der Waals surface area contributed by atoms with Crippen molar-refractivity contribution in [3.05, 3.63) is 42.0 Å². The number of hydrogen-bond donors (Lipinski definition) is 0. The highest BCUT2D eigenvalue weighted by Gasteiger charge is 2.18. The van der Waals surface area contributed by atoms with E-state index in [1.165, 1.54) is 0 Å². The molecule has 0 saturated carbocycles. The summed E-state index contributed by atoms with van der Waals surface area (Å²) < 4.78 is 14.3. The number of benzene rings is 1. The van der Waals surface area contributed by atoms with E-state index in [1.54, 1.807) is 32.4 Å². The Kier molecular flexibility index (Phi) is 4.08. The number of rotatable bonds is 5. The van der Waals surface area contributed by atoms with Crippen molar-refractivity contribution >= 4 is 5.78 Å². The molecule has 106 valence electrons. The largest absolute Gasteiger partial charge is 0.497 e. The van der Waals surface area contributed by atoms with Gasteiger partial charge in [-0.15, -0.1) is 0 Å². The molecule has 0 radical (unpaired) electrons. The minimum Gasteiger partial charge on any atom is -0.497 e. The molecule has 1 aromatic carbocycles. The van der Waals surface area contributed by atoms with Crippen LogP contribution < -0.4 is 14.0 Å². The van der Waals surface area contributed by atoms with Gasteiger partial charge in [-0.25, -0.2) is 9.13 Å². The topological polar surface area (TPSA) is 44.3 Å². The lowest BCUT2D eigenvalue weighted by atomic mass is 10.1. The summed E-state index contributed by atoms with van der Waals surface area (Å²) in [6.45, 7) is 2.26.